The van der Waals surface area contributed by atoms with Crippen molar-refractivity contribution in [2.75, 3.05) is 0 Å². The van der Waals surface area contributed by atoms with E-state index >= 15 is 0 Å². The van der Waals surface area contributed by atoms with Crippen LogP contribution in [0.3, 0.4) is 0 Å². The molecule has 1 aromatic heterocycles. The monoisotopic (exact) mass is 238 g/mol. The molecule has 0 aliphatic heterocycles. The first-order valence-corrected chi connectivity index (χ1v) is 6.20. The highest BCUT2D eigenvalue weighted by Gasteiger charge is 2.27. The fourth-order valence-corrected chi connectivity index (χ4v) is 3.10. The van der Waals surface area contributed by atoms with E-state index in [-0.39, 0.29) is 5.38 Å². The fourth-order valence-electron chi connectivity index (χ4n) is 2.50. The molecular weight excluding hydrogens is 220 g/mol. The summed E-state index contributed by atoms with van der Waals surface area (Å²) in [6, 6.07) is 2.08. The third-order valence-electron chi connectivity index (χ3n) is 3.05. The van der Waals surface area contributed by atoms with Crippen molar-refractivity contribution >= 4 is 11.6 Å². The molecule has 1 atom stereocenters. The van der Waals surface area contributed by atoms with Crippen LogP contribution in [-0.2, 0) is 13.5 Å². The SMILES string of the molecule is Cn1ccc(CC2=CC(Cl)CC(C)(C)C2)n1. The summed E-state index contributed by atoms with van der Waals surface area (Å²) in [4.78, 5) is 0. The van der Waals surface area contributed by atoms with Gasteiger partial charge in [-0.3, -0.25) is 4.68 Å². The molecule has 0 saturated carbocycles. The second kappa shape index (κ2) is 4.25. The highest BCUT2D eigenvalue weighted by atomic mass is 35.5. The van der Waals surface area contributed by atoms with E-state index < -0.39 is 0 Å². The summed E-state index contributed by atoms with van der Waals surface area (Å²) in [5, 5.41) is 4.59. The Hall–Kier alpha value is -0.760. The van der Waals surface area contributed by atoms with Crippen LogP contribution in [0.4, 0.5) is 0 Å². The van der Waals surface area contributed by atoms with Gasteiger partial charge in [-0.05, 0) is 24.3 Å². The number of aryl methyl sites for hydroxylation is 1. The van der Waals surface area contributed by atoms with Gasteiger partial charge in [-0.25, -0.2) is 0 Å². The second-order valence-corrected chi connectivity index (χ2v) is 6.10. The van der Waals surface area contributed by atoms with Gasteiger partial charge >= 0.3 is 0 Å². The van der Waals surface area contributed by atoms with Gasteiger partial charge in [0.25, 0.3) is 0 Å². The van der Waals surface area contributed by atoms with Crippen molar-refractivity contribution in [1.82, 2.24) is 9.78 Å². The zero-order valence-electron chi connectivity index (χ0n) is 10.2. The highest BCUT2D eigenvalue weighted by Crippen LogP contribution is 2.38. The molecule has 0 spiro atoms. The predicted molar refractivity (Wildman–Crippen MR) is 67.7 cm³/mol. The summed E-state index contributed by atoms with van der Waals surface area (Å²) in [6.07, 6.45) is 7.34. The Balaban J connectivity index is 2.10. The largest absolute Gasteiger partial charge is 0.276 e. The van der Waals surface area contributed by atoms with E-state index in [0.29, 0.717) is 5.41 Å². The maximum Gasteiger partial charge on any atom is 0.0664 e. The molecule has 0 bridgehead atoms. The zero-order valence-corrected chi connectivity index (χ0v) is 11.0. The lowest BCUT2D eigenvalue weighted by atomic mass is 9.76. The lowest BCUT2D eigenvalue weighted by Gasteiger charge is -2.32. The van der Waals surface area contributed by atoms with Crippen molar-refractivity contribution in [3.63, 3.8) is 0 Å². The molecule has 0 fully saturated rings. The van der Waals surface area contributed by atoms with Gasteiger partial charge in [-0.15, -0.1) is 11.6 Å². The Morgan fingerprint density at radius 2 is 2.31 bits per heavy atom. The van der Waals surface area contributed by atoms with Crippen molar-refractivity contribution in [3.8, 4) is 0 Å². The number of hydrogen-bond donors (Lipinski definition) is 0. The fraction of sp³-hybridized carbons (Fsp3) is 0.615. The smallest absolute Gasteiger partial charge is 0.0664 e. The van der Waals surface area contributed by atoms with Crippen molar-refractivity contribution in [2.45, 2.75) is 38.5 Å². The van der Waals surface area contributed by atoms with Gasteiger partial charge < -0.3 is 0 Å². The third-order valence-corrected chi connectivity index (χ3v) is 3.33. The Morgan fingerprint density at radius 3 is 2.88 bits per heavy atom. The number of rotatable bonds is 2. The van der Waals surface area contributed by atoms with E-state index in [4.69, 9.17) is 11.6 Å². The molecule has 1 heterocycles. The molecule has 0 amide bonds. The van der Waals surface area contributed by atoms with Gasteiger partial charge in [0.05, 0.1) is 11.1 Å². The Bertz CT molecular complexity index is 404. The van der Waals surface area contributed by atoms with Crippen LogP contribution >= 0.6 is 11.6 Å². The molecule has 2 rings (SSSR count). The van der Waals surface area contributed by atoms with Crippen LogP contribution in [0.5, 0.6) is 0 Å². The van der Waals surface area contributed by atoms with Crippen molar-refractivity contribution in [1.29, 1.82) is 0 Å². The molecule has 0 aromatic carbocycles. The Morgan fingerprint density at radius 1 is 1.56 bits per heavy atom. The minimum absolute atomic E-state index is 0.183. The summed E-state index contributed by atoms with van der Waals surface area (Å²) in [7, 11) is 1.95. The standard InChI is InChI=1S/C13H19ClN2/c1-13(2)8-10(6-11(14)9-13)7-12-4-5-16(3)15-12/h4-6,11H,7-9H2,1-3H3. The first-order chi connectivity index (χ1) is 7.44. The molecule has 16 heavy (non-hydrogen) atoms. The average Bonchev–Trinajstić information content (AvgIpc) is 2.46. The minimum Gasteiger partial charge on any atom is -0.276 e. The lowest BCUT2D eigenvalue weighted by molar-refractivity contribution is 0.320. The normalized spacial score (nSPS) is 24.2. The number of nitrogens with zero attached hydrogens (tertiary/aromatic N) is 2. The van der Waals surface area contributed by atoms with E-state index in [1.165, 1.54) is 5.57 Å². The van der Waals surface area contributed by atoms with E-state index in [1.807, 2.05) is 17.9 Å². The van der Waals surface area contributed by atoms with Crippen molar-refractivity contribution in [3.05, 3.63) is 29.6 Å². The number of hydrogen-bond acceptors (Lipinski definition) is 1. The first kappa shape index (κ1) is 11.7. The number of aromatic nitrogens is 2. The highest BCUT2D eigenvalue weighted by molar-refractivity contribution is 6.21. The molecule has 2 nitrogen and oxygen atoms in total. The Labute approximate surface area is 102 Å². The maximum atomic E-state index is 6.27. The maximum absolute atomic E-state index is 6.27. The Kier molecular flexibility index (Phi) is 3.11. The van der Waals surface area contributed by atoms with Gasteiger partial charge in [0.1, 0.15) is 0 Å². The molecule has 1 aliphatic rings. The van der Waals surface area contributed by atoms with Crippen LogP contribution in [0.2, 0.25) is 0 Å². The summed E-state index contributed by atoms with van der Waals surface area (Å²) in [5.74, 6) is 0. The molecule has 0 saturated heterocycles. The minimum atomic E-state index is 0.183. The van der Waals surface area contributed by atoms with Crippen LogP contribution in [0.25, 0.3) is 0 Å². The summed E-state index contributed by atoms with van der Waals surface area (Å²) in [6.45, 7) is 4.57. The first-order valence-electron chi connectivity index (χ1n) is 5.77. The van der Waals surface area contributed by atoms with E-state index in [2.05, 4.69) is 31.1 Å². The quantitative estimate of drug-likeness (QED) is 0.571. The average molecular weight is 239 g/mol. The van der Waals surface area contributed by atoms with Gasteiger partial charge in [-0.2, -0.15) is 5.10 Å². The molecule has 3 heteroatoms. The molecule has 1 aromatic rings. The van der Waals surface area contributed by atoms with Gasteiger partial charge in [0.15, 0.2) is 0 Å². The summed E-state index contributed by atoms with van der Waals surface area (Å²) >= 11 is 6.27. The number of allylic oxidation sites excluding steroid dienone is 2. The van der Waals surface area contributed by atoms with E-state index in [0.717, 1.165) is 25.0 Å². The number of alkyl halides is 1. The summed E-state index contributed by atoms with van der Waals surface area (Å²) in [5.41, 5.74) is 2.89. The number of halogens is 1. The van der Waals surface area contributed by atoms with Gasteiger partial charge in [0, 0.05) is 19.7 Å². The van der Waals surface area contributed by atoms with E-state index in [1.54, 1.807) is 0 Å². The van der Waals surface area contributed by atoms with Crippen molar-refractivity contribution in [2.24, 2.45) is 12.5 Å². The van der Waals surface area contributed by atoms with Crippen LogP contribution in [0.1, 0.15) is 32.4 Å². The van der Waals surface area contributed by atoms with Crippen LogP contribution in [-0.4, -0.2) is 15.2 Å². The molecule has 88 valence electrons. The van der Waals surface area contributed by atoms with Gasteiger partial charge in [0.2, 0.25) is 0 Å². The lowest BCUT2D eigenvalue weighted by Crippen LogP contribution is -2.22. The van der Waals surface area contributed by atoms with Crippen molar-refractivity contribution < 1.29 is 0 Å². The van der Waals surface area contributed by atoms with Crippen LogP contribution < -0.4 is 0 Å². The summed E-state index contributed by atoms with van der Waals surface area (Å²) < 4.78 is 1.85. The second-order valence-electron chi connectivity index (χ2n) is 5.54. The predicted octanol–water partition coefficient (Wildman–Crippen LogP) is 3.32. The van der Waals surface area contributed by atoms with E-state index in [9.17, 15) is 0 Å². The van der Waals surface area contributed by atoms with Crippen LogP contribution in [0, 0.1) is 5.41 Å². The zero-order chi connectivity index (χ0) is 11.8. The molecule has 1 aliphatic carbocycles. The molecular formula is C13H19ClN2. The molecule has 1 unspecified atom stereocenters. The third kappa shape index (κ3) is 2.88. The van der Waals surface area contributed by atoms with Gasteiger partial charge in [-0.1, -0.05) is 25.5 Å². The van der Waals surface area contributed by atoms with Crippen LogP contribution in [0.15, 0.2) is 23.9 Å². The topological polar surface area (TPSA) is 17.8 Å². The molecule has 0 N–H and O–H groups in total. The molecule has 0 radical (unpaired) electrons.